The van der Waals surface area contributed by atoms with Gasteiger partial charge in [0.05, 0.1) is 9.75 Å². The molecule has 0 radical (unpaired) electrons. The monoisotopic (exact) mass is 332 g/mol. The van der Waals surface area contributed by atoms with Crippen LogP contribution < -0.4 is 0 Å². The highest BCUT2D eigenvalue weighted by Gasteiger charge is 2.19. The van der Waals surface area contributed by atoms with Gasteiger partial charge in [-0.3, -0.25) is 0 Å². The maximum atomic E-state index is 13.6. The van der Waals surface area contributed by atoms with Crippen molar-refractivity contribution in [2.75, 3.05) is 0 Å². The van der Waals surface area contributed by atoms with E-state index in [1.54, 1.807) is 0 Å². The van der Waals surface area contributed by atoms with Crippen molar-refractivity contribution in [2.45, 2.75) is 0 Å². The number of nitrogens with zero attached hydrogens (tertiary/aromatic N) is 4. The Balaban J connectivity index is 2.09. The maximum Gasteiger partial charge on any atom is 0.269 e. The van der Waals surface area contributed by atoms with Crippen molar-refractivity contribution in [3.8, 4) is 21.1 Å². The normalized spacial score (nSPS) is 11.2. The summed E-state index contributed by atoms with van der Waals surface area (Å²) in [5, 5.41) is 12.0. The molecule has 0 unspecified atom stereocenters. The lowest BCUT2D eigenvalue weighted by molar-refractivity contribution is 0.459. The summed E-state index contributed by atoms with van der Waals surface area (Å²) in [6, 6.07) is 7.33. The molecule has 0 spiro atoms. The second kappa shape index (κ2) is 5.15. The van der Waals surface area contributed by atoms with Crippen molar-refractivity contribution < 1.29 is 8.78 Å². The molecule has 0 aliphatic rings. The minimum atomic E-state index is -1.24. The summed E-state index contributed by atoms with van der Waals surface area (Å²) in [4.78, 5) is 8.96. The third-order valence-corrected chi connectivity index (χ3v) is 4.78. The van der Waals surface area contributed by atoms with Crippen molar-refractivity contribution in [1.82, 2.24) is 20.2 Å². The van der Waals surface area contributed by atoms with E-state index in [9.17, 15) is 8.78 Å². The molecular formula is C14H6F2N4S2. The summed E-state index contributed by atoms with van der Waals surface area (Å²) in [5.74, 6) is -2.48. The van der Waals surface area contributed by atoms with Gasteiger partial charge in [0.25, 0.3) is 11.9 Å². The first kappa shape index (κ1) is 13.4. The van der Waals surface area contributed by atoms with E-state index in [-0.39, 0.29) is 11.0 Å². The van der Waals surface area contributed by atoms with Crippen LogP contribution in [0.25, 0.3) is 32.2 Å². The smallest absolute Gasteiger partial charge is 0.211 e. The molecule has 0 saturated carbocycles. The van der Waals surface area contributed by atoms with E-state index in [0.717, 1.165) is 9.75 Å². The Labute approximate surface area is 131 Å². The molecule has 0 saturated heterocycles. The van der Waals surface area contributed by atoms with Crippen LogP contribution in [0.5, 0.6) is 0 Å². The summed E-state index contributed by atoms with van der Waals surface area (Å²) in [6.45, 7) is 0. The van der Waals surface area contributed by atoms with Crippen LogP contribution >= 0.6 is 22.7 Å². The molecule has 0 bridgehead atoms. The number of thiophene rings is 2. The predicted molar refractivity (Wildman–Crippen MR) is 81.7 cm³/mol. The van der Waals surface area contributed by atoms with Crippen molar-refractivity contribution in [2.24, 2.45) is 0 Å². The molecule has 0 atom stereocenters. The van der Waals surface area contributed by atoms with Crippen LogP contribution in [0.3, 0.4) is 0 Å². The highest BCUT2D eigenvalue weighted by Crippen LogP contribution is 2.33. The molecule has 0 aliphatic carbocycles. The van der Waals surface area contributed by atoms with Crippen LogP contribution in [-0.4, -0.2) is 20.2 Å². The zero-order valence-corrected chi connectivity index (χ0v) is 12.5. The van der Waals surface area contributed by atoms with Crippen LogP contribution in [0.4, 0.5) is 8.78 Å². The molecule has 0 N–H and O–H groups in total. The second-order valence-corrected chi connectivity index (χ2v) is 6.25. The van der Waals surface area contributed by atoms with Gasteiger partial charge in [0.2, 0.25) is 0 Å². The summed E-state index contributed by atoms with van der Waals surface area (Å²) in [7, 11) is 0. The Kier molecular flexibility index (Phi) is 3.12. The fourth-order valence-corrected chi connectivity index (χ4v) is 3.50. The van der Waals surface area contributed by atoms with Gasteiger partial charge >= 0.3 is 0 Å². The SMILES string of the molecule is Fc1nc2c(-c3cccs3)nnc(-c3cccs3)c2nc1F. The van der Waals surface area contributed by atoms with Crippen LogP contribution in [-0.2, 0) is 0 Å². The lowest BCUT2D eigenvalue weighted by Gasteiger charge is -2.06. The molecule has 0 amide bonds. The summed E-state index contributed by atoms with van der Waals surface area (Å²) in [5.41, 5.74) is 1.22. The standard InChI is InChI=1S/C14H6F2N4S2/c15-13-14(16)18-12-10(8-4-2-6-22-8)20-19-9(11(12)17-13)7-3-1-5-21-7/h1-6H. The average Bonchev–Trinajstić information content (AvgIpc) is 3.21. The number of hydrogen-bond donors (Lipinski definition) is 0. The average molecular weight is 332 g/mol. The van der Waals surface area contributed by atoms with E-state index >= 15 is 0 Å². The van der Waals surface area contributed by atoms with Gasteiger partial charge in [0.15, 0.2) is 0 Å². The first-order valence-electron chi connectivity index (χ1n) is 6.21. The molecule has 4 heterocycles. The number of halogens is 2. The fourth-order valence-electron chi connectivity index (χ4n) is 2.08. The van der Waals surface area contributed by atoms with Crippen LogP contribution in [0.2, 0.25) is 0 Å². The number of hydrogen-bond acceptors (Lipinski definition) is 6. The van der Waals surface area contributed by atoms with E-state index in [2.05, 4.69) is 20.2 Å². The molecule has 0 fully saturated rings. The molecule has 0 aromatic carbocycles. The molecule has 0 aliphatic heterocycles. The summed E-state index contributed by atoms with van der Waals surface area (Å²) >= 11 is 2.84. The Bertz CT molecular complexity index is 874. The Morgan fingerprint density at radius 1 is 0.727 bits per heavy atom. The van der Waals surface area contributed by atoms with E-state index in [1.807, 2.05) is 35.0 Å². The fraction of sp³-hybridized carbons (Fsp3) is 0. The van der Waals surface area contributed by atoms with Gasteiger partial charge in [-0.05, 0) is 22.9 Å². The van der Waals surface area contributed by atoms with Gasteiger partial charge in [0, 0.05) is 0 Å². The molecule has 4 rings (SSSR count). The Morgan fingerprint density at radius 3 is 1.55 bits per heavy atom. The molecule has 108 valence electrons. The van der Waals surface area contributed by atoms with Crippen LogP contribution in [0, 0.1) is 11.9 Å². The van der Waals surface area contributed by atoms with Crippen molar-refractivity contribution in [3.63, 3.8) is 0 Å². The number of fused-ring (bicyclic) bond motifs is 1. The first-order chi connectivity index (χ1) is 10.7. The van der Waals surface area contributed by atoms with Gasteiger partial charge in [-0.15, -0.1) is 32.9 Å². The predicted octanol–water partition coefficient (Wildman–Crippen LogP) is 4.16. The van der Waals surface area contributed by atoms with Crippen LogP contribution in [0.15, 0.2) is 35.0 Å². The van der Waals surface area contributed by atoms with Gasteiger partial charge in [0.1, 0.15) is 22.4 Å². The van der Waals surface area contributed by atoms with Crippen molar-refractivity contribution >= 4 is 33.7 Å². The number of rotatable bonds is 2. The zero-order chi connectivity index (χ0) is 15.1. The van der Waals surface area contributed by atoms with E-state index in [4.69, 9.17) is 0 Å². The second-order valence-electron chi connectivity index (χ2n) is 4.35. The lowest BCUT2D eigenvalue weighted by Crippen LogP contribution is -2.02. The molecule has 4 nitrogen and oxygen atoms in total. The van der Waals surface area contributed by atoms with E-state index < -0.39 is 11.9 Å². The van der Waals surface area contributed by atoms with Crippen molar-refractivity contribution in [3.05, 3.63) is 46.9 Å². The molecular weight excluding hydrogens is 326 g/mol. The van der Waals surface area contributed by atoms with Gasteiger partial charge in [-0.25, -0.2) is 9.97 Å². The zero-order valence-electron chi connectivity index (χ0n) is 10.8. The molecule has 4 aromatic rings. The minimum absolute atomic E-state index is 0.208. The number of aromatic nitrogens is 4. The third kappa shape index (κ3) is 2.08. The highest BCUT2D eigenvalue weighted by molar-refractivity contribution is 7.14. The maximum absolute atomic E-state index is 13.6. The summed E-state index contributed by atoms with van der Waals surface area (Å²) < 4.78 is 27.1. The van der Waals surface area contributed by atoms with Gasteiger partial charge in [-0.2, -0.15) is 8.78 Å². The lowest BCUT2D eigenvalue weighted by atomic mass is 10.2. The summed E-state index contributed by atoms with van der Waals surface area (Å²) in [6.07, 6.45) is 0. The topological polar surface area (TPSA) is 51.6 Å². The molecule has 8 heteroatoms. The van der Waals surface area contributed by atoms with Gasteiger partial charge < -0.3 is 0 Å². The molecule has 22 heavy (non-hydrogen) atoms. The van der Waals surface area contributed by atoms with Crippen LogP contribution in [0.1, 0.15) is 0 Å². The first-order valence-corrected chi connectivity index (χ1v) is 7.97. The minimum Gasteiger partial charge on any atom is -0.211 e. The van der Waals surface area contributed by atoms with Gasteiger partial charge in [-0.1, -0.05) is 12.1 Å². The Morgan fingerprint density at radius 2 is 1.18 bits per heavy atom. The van der Waals surface area contributed by atoms with E-state index in [0.29, 0.717) is 11.4 Å². The van der Waals surface area contributed by atoms with E-state index in [1.165, 1.54) is 22.7 Å². The largest absolute Gasteiger partial charge is 0.269 e. The van der Waals surface area contributed by atoms with Crippen molar-refractivity contribution in [1.29, 1.82) is 0 Å². The Hall–Kier alpha value is -2.32. The quantitative estimate of drug-likeness (QED) is 0.553. The third-order valence-electron chi connectivity index (χ3n) is 3.02. The highest BCUT2D eigenvalue weighted by atomic mass is 32.1. The molecule has 4 aromatic heterocycles.